The lowest BCUT2D eigenvalue weighted by molar-refractivity contribution is 0.0284. The molecule has 9 nitrogen and oxygen atoms in total. The molecule has 0 bridgehead atoms. The van der Waals surface area contributed by atoms with Crippen LogP contribution in [0.25, 0.3) is 0 Å². The molecule has 210 valence electrons. The first-order valence-electron chi connectivity index (χ1n) is 12.9. The second-order valence-corrected chi connectivity index (χ2v) is 11.4. The Balaban J connectivity index is 1.43. The number of nitrogens with zero attached hydrogens (tertiary/aromatic N) is 3. The van der Waals surface area contributed by atoms with Crippen LogP contribution < -0.4 is 15.4 Å². The predicted molar refractivity (Wildman–Crippen MR) is 159 cm³/mol. The summed E-state index contributed by atoms with van der Waals surface area (Å²) in [7, 11) is 0. The van der Waals surface area contributed by atoms with Crippen molar-refractivity contribution < 1.29 is 19.1 Å². The molecule has 0 saturated carbocycles. The molecule has 1 atom stereocenters. The summed E-state index contributed by atoms with van der Waals surface area (Å²) >= 11 is 11.6. The largest absolute Gasteiger partial charge is 0.492 e. The Kier molecular flexibility index (Phi) is 9.21. The third-order valence-electron chi connectivity index (χ3n) is 6.03. The maximum Gasteiger partial charge on any atom is 0.410 e. The van der Waals surface area contributed by atoms with Gasteiger partial charge in [-0.2, -0.15) is 0 Å². The van der Waals surface area contributed by atoms with Crippen molar-refractivity contribution in [1.29, 1.82) is 0 Å². The van der Waals surface area contributed by atoms with Crippen molar-refractivity contribution in [2.75, 3.05) is 30.3 Å². The summed E-state index contributed by atoms with van der Waals surface area (Å²) in [6, 6.07) is 12.4. The van der Waals surface area contributed by atoms with E-state index >= 15 is 0 Å². The zero-order valence-corrected chi connectivity index (χ0v) is 24.4. The summed E-state index contributed by atoms with van der Waals surface area (Å²) in [6.07, 6.45) is 3.49. The van der Waals surface area contributed by atoms with Crippen LogP contribution in [0, 0.1) is 12.8 Å². The molecular weight excluding hydrogens is 550 g/mol. The molecule has 1 aromatic carbocycles. The molecule has 40 heavy (non-hydrogen) atoms. The highest BCUT2D eigenvalue weighted by molar-refractivity contribution is 7.81. The summed E-state index contributed by atoms with van der Waals surface area (Å²) in [4.78, 5) is 35.8. The normalized spacial score (nSPS) is 14.9. The molecule has 1 unspecified atom stereocenters. The van der Waals surface area contributed by atoms with Crippen LogP contribution in [0.5, 0.6) is 5.75 Å². The van der Waals surface area contributed by atoms with E-state index in [1.807, 2.05) is 45.9 Å². The first-order chi connectivity index (χ1) is 19.0. The fourth-order valence-electron chi connectivity index (χ4n) is 4.11. The monoisotopic (exact) mass is 581 g/mol. The van der Waals surface area contributed by atoms with Crippen molar-refractivity contribution in [2.45, 2.75) is 39.7 Å². The number of aryl methyl sites for hydroxylation is 1. The molecule has 0 aliphatic carbocycles. The van der Waals surface area contributed by atoms with Crippen molar-refractivity contribution in [3.63, 3.8) is 0 Å². The summed E-state index contributed by atoms with van der Waals surface area (Å²) in [5, 5.41) is 6.33. The van der Waals surface area contributed by atoms with Gasteiger partial charge in [0.2, 0.25) is 0 Å². The molecule has 4 rings (SSSR count). The second kappa shape index (κ2) is 12.6. The number of carbonyl (C=O) groups excluding carboxylic acids is 2. The number of ether oxygens (including phenoxy) is 2. The molecule has 1 saturated heterocycles. The summed E-state index contributed by atoms with van der Waals surface area (Å²) in [6.45, 7) is 9.16. The number of carbonyl (C=O) groups is 2. The van der Waals surface area contributed by atoms with Crippen LogP contribution in [-0.2, 0) is 4.74 Å². The maximum absolute atomic E-state index is 13.0. The summed E-state index contributed by atoms with van der Waals surface area (Å²) in [5.74, 6) is 0.683. The van der Waals surface area contributed by atoms with E-state index in [1.54, 1.807) is 29.2 Å². The molecular formula is C29H32ClN5O4S. The average molecular weight is 582 g/mol. The van der Waals surface area contributed by atoms with Gasteiger partial charge in [-0.3, -0.25) is 4.79 Å². The number of aromatic nitrogens is 2. The Morgan fingerprint density at radius 1 is 1.15 bits per heavy atom. The number of benzene rings is 1. The van der Waals surface area contributed by atoms with E-state index in [0.717, 1.165) is 12.0 Å². The highest BCUT2D eigenvalue weighted by Gasteiger charge is 2.30. The van der Waals surface area contributed by atoms with Gasteiger partial charge in [-0.1, -0.05) is 29.9 Å². The standard InChI is InChI=1S/C29H32ClN5O4S/c1-18-7-9-21(23(14-18)38-17-19-11-13-35(16-19)28(37)39-29(2,3)4)27(40)33-22-6-5-12-31-25(22)26(36)34-24-10-8-20(30)15-32-24/h5-10,12,14-15,19H,11,13,16-17H2,1-4H3,(H,33,40)(H,32,34,36). The van der Waals surface area contributed by atoms with Crippen LogP contribution in [0.4, 0.5) is 16.3 Å². The minimum Gasteiger partial charge on any atom is -0.492 e. The minimum absolute atomic E-state index is 0.157. The highest BCUT2D eigenvalue weighted by atomic mass is 35.5. The molecule has 1 aliphatic rings. The maximum atomic E-state index is 13.0. The third kappa shape index (κ3) is 7.89. The number of anilines is 2. The van der Waals surface area contributed by atoms with Gasteiger partial charge in [0.25, 0.3) is 5.91 Å². The number of halogens is 1. The molecule has 0 spiro atoms. The smallest absolute Gasteiger partial charge is 0.410 e. The number of amides is 2. The van der Waals surface area contributed by atoms with E-state index in [0.29, 0.717) is 52.5 Å². The van der Waals surface area contributed by atoms with Gasteiger partial charge in [-0.05, 0) is 76.1 Å². The Morgan fingerprint density at radius 3 is 2.67 bits per heavy atom. The number of likely N-dealkylation sites (tertiary alicyclic amines) is 1. The zero-order chi connectivity index (χ0) is 28.9. The van der Waals surface area contributed by atoms with Crippen LogP contribution in [-0.4, -0.2) is 57.2 Å². The number of thiocarbonyl (C=S) groups is 1. The fourth-order valence-corrected chi connectivity index (χ4v) is 4.50. The Labute approximate surface area is 244 Å². The van der Waals surface area contributed by atoms with Gasteiger partial charge in [-0.15, -0.1) is 0 Å². The zero-order valence-electron chi connectivity index (χ0n) is 22.9. The van der Waals surface area contributed by atoms with Crippen LogP contribution >= 0.6 is 23.8 Å². The molecule has 2 aromatic heterocycles. The van der Waals surface area contributed by atoms with Gasteiger partial charge >= 0.3 is 6.09 Å². The van der Waals surface area contributed by atoms with Gasteiger partial charge in [0.15, 0.2) is 5.69 Å². The molecule has 11 heteroatoms. The van der Waals surface area contributed by atoms with Gasteiger partial charge < -0.3 is 25.0 Å². The molecule has 1 fully saturated rings. The predicted octanol–water partition coefficient (Wildman–Crippen LogP) is 6.11. The van der Waals surface area contributed by atoms with E-state index in [1.165, 1.54) is 12.4 Å². The molecule has 3 heterocycles. The highest BCUT2D eigenvalue weighted by Crippen LogP contribution is 2.26. The first-order valence-corrected chi connectivity index (χ1v) is 13.7. The van der Waals surface area contributed by atoms with E-state index in [-0.39, 0.29) is 17.7 Å². The number of pyridine rings is 2. The van der Waals surface area contributed by atoms with Crippen molar-refractivity contribution in [2.24, 2.45) is 5.92 Å². The first kappa shape index (κ1) is 29.2. The molecule has 3 aromatic rings. The quantitative estimate of drug-likeness (QED) is 0.322. The Hall–Kier alpha value is -3.76. The van der Waals surface area contributed by atoms with E-state index in [9.17, 15) is 9.59 Å². The number of rotatable bonds is 7. The van der Waals surface area contributed by atoms with Crippen LogP contribution in [0.2, 0.25) is 5.02 Å². The van der Waals surface area contributed by atoms with Gasteiger partial charge in [0.05, 0.1) is 22.9 Å². The minimum atomic E-state index is -0.535. The van der Waals surface area contributed by atoms with Crippen molar-refractivity contribution >= 4 is 52.3 Å². The van der Waals surface area contributed by atoms with E-state index in [4.69, 9.17) is 33.3 Å². The van der Waals surface area contributed by atoms with E-state index < -0.39 is 11.5 Å². The fraction of sp³-hybridized carbons (Fsp3) is 0.345. The van der Waals surface area contributed by atoms with Crippen molar-refractivity contribution in [3.05, 3.63) is 76.7 Å². The summed E-state index contributed by atoms with van der Waals surface area (Å²) in [5.41, 5.74) is 1.75. The van der Waals surface area contributed by atoms with Crippen molar-refractivity contribution in [3.8, 4) is 5.75 Å². The molecule has 2 N–H and O–H groups in total. The Bertz CT molecular complexity index is 1390. The number of nitrogens with one attached hydrogen (secondary N) is 2. The molecule has 1 aliphatic heterocycles. The molecule has 0 radical (unpaired) electrons. The number of hydrogen-bond donors (Lipinski definition) is 2. The van der Waals surface area contributed by atoms with Crippen molar-refractivity contribution in [1.82, 2.24) is 14.9 Å². The topological polar surface area (TPSA) is 106 Å². The molecule has 2 amide bonds. The van der Waals surface area contributed by atoms with Crippen LogP contribution in [0.1, 0.15) is 48.8 Å². The van der Waals surface area contributed by atoms with Crippen LogP contribution in [0.15, 0.2) is 54.9 Å². The lowest BCUT2D eigenvalue weighted by atomic mass is 10.1. The van der Waals surface area contributed by atoms with Gasteiger partial charge in [-0.25, -0.2) is 14.8 Å². The number of hydrogen-bond acceptors (Lipinski definition) is 7. The van der Waals surface area contributed by atoms with Gasteiger partial charge in [0.1, 0.15) is 22.2 Å². The third-order valence-corrected chi connectivity index (χ3v) is 6.58. The average Bonchev–Trinajstić information content (AvgIpc) is 3.37. The van der Waals surface area contributed by atoms with E-state index in [2.05, 4.69) is 20.6 Å². The van der Waals surface area contributed by atoms with Crippen LogP contribution in [0.3, 0.4) is 0 Å². The Morgan fingerprint density at radius 2 is 1.95 bits per heavy atom. The lowest BCUT2D eigenvalue weighted by Gasteiger charge is -2.24. The lowest BCUT2D eigenvalue weighted by Crippen LogP contribution is -2.35. The van der Waals surface area contributed by atoms with Gasteiger partial charge in [0, 0.05) is 31.4 Å². The second-order valence-electron chi connectivity index (χ2n) is 10.6. The SMILES string of the molecule is Cc1ccc(C(=S)Nc2cccnc2C(=O)Nc2ccc(Cl)cn2)c(OCC2CCN(C(=O)OC(C)(C)C)C2)c1. The summed E-state index contributed by atoms with van der Waals surface area (Å²) < 4.78 is 11.7.